The molecule has 1 fully saturated rings. The van der Waals surface area contributed by atoms with Gasteiger partial charge in [0.1, 0.15) is 17.3 Å². The number of aromatic nitrogens is 2. The van der Waals surface area contributed by atoms with Crippen molar-refractivity contribution in [3.05, 3.63) is 87.6 Å². The molecule has 1 aliphatic rings. The standard InChI is InChI=1S/C25H26FN3O4/c1-17-14-22(30)24(27-29(17)21-11-5-4-10-20(21)26)25(31)28(16-19-9-7-13-33-19)15-18-8-3-6-12-23(18)32-2/h3-6,8,10-12,14,19H,7,9,13,15-16H2,1-2H3. The lowest BCUT2D eigenvalue weighted by molar-refractivity contribution is 0.0498. The highest BCUT2D eigenvalue weighted by atomic mass is 19.1. The van der Waals surface area contributed by atoms with E-state index in [9.17, 15) is 14.0 Å². The number of benzene rings is 2. The highest BCUT2D eigenvalue weighted by Crippen LogP contribution is 2.22. The minimum atomic E-state index is -0.536. The van der Waals surface area contributed by atoms with Crippen LogP contribution in [-0.4, -0.2) is 47.0 Å². The summed E-state index contributed by atoms with van der Waals surface area (Å²) in [5.74, 6) is -0.393. The second-order valence-electron chi connectivity index (χ2n) is 7.99. The van der Waals surface area contributed by atoms with Crippen molar-refractivity contribution >= 4 is 5.91 Å². The van der Waals surface area contributed by atoms with Crippen molar-refractivity contribution < 1.29 is 18.7 Å². The van der Waals surface area contributed by atoms with Crippen LogP contribution in [0.5, 0.6) is 5.75 Å². The lowest BCUT2D eigenvalue weighted by atomic mass is 10.1. The number of amides is 1. The van der Waals surface area contributed by atoms with Gasteiger partial charge in [0.05, 0.1) is 13.2 Å². The summed E-state index contributed by atoms with van der Waals surface area (Å²) in [6, 6.07) is 14.8. The molecule has 0 spiro atoms. The first-order valence-corrected chi connectivity index (χ1v) is 10.9. The fourth-order valence-electron chi connectivity index (χ4n) is 4.01. The molecule has 1 aromatic heterocycles. The van der Waals surface area contributed by atoms with Crippen LogP contribution in [0.1, 0.15) is 34.6 Å². The minimum Gasteiger partial charge on any atom is -0.496 e. The van der Waals surface area contributed by atoms with Gasteiger partial charge in [-0.25, -0.2) is 9.07 Å². The molecule has 3 aromatic rings. The predicted molar refractivity (Wildman–Crippen MR) is 121 cm³/mol. The van der Waals surface area contributed by atoms with Crippen molar-refractivity contribution in [3.8, 4) is 11.4 Å². The van der Waals surface area contributed by atoms with Crippen molar-refractivity contribution in [3.63, 3.8) is 0 Å². The maximum atomic E-state index is 14.4. The Hall–Kier alpha value is -3.52. The second-order valence-corrected chi connectivity index (χ2v) is 7.99. The number of para-hydroxylation sites is 2. The summed E-state index contributed by atoms with van der Waals surface area (Å²) in [4.78, 5) is 27.9. The quantitative estimate of drug-likeness (QED) is 0.550. The summed E-state index contributed by atoms with van der Waals surface area (Å²) < 4.78 is 26.9. The average Bonchev–Trinajstić information content (AvgIpc) is 3.32. The normalized spacial score (nSPS) is 15.4. The highest BCUT2D eigenvalue weighted by Gasteiger charge is 2.27. The van der Waals surface area contributed by atoms with E-state index >= 15 is 0 Å². The number of ether oxygens (including phenoxy) is 2. The van der Waals surface area contributed by atoms with Gasteiger partial charge in [-0.15, -0.1) is 0 Å². The summed E-state index contributed by atoms with van der Waals surface area (Å²) in [5.41, 5.74) is 0.614. The number of methoxy groups -OCH3 is 1. The van der Waals surface area contributed by atoms with E-state index in [1.165, 1.54) is 16.8 Å². The molecule has 0 aliphatic carbocycles. The molecule has 2 aromatic carbocycles. The number of rotatable bonds is 7. The zero-order valence-corrected chi connectivity index (χ0v) is 18.7. The van der Waals surface area contributed by atoms with Gasteiger partial charge < -0.3 is 14.4 Å². The van der Waals surface area contributed by atoms with Gasteiger partial charge in [-0.05, 0) is 38.0 Å². The van der Waals surface area contributed by atoms with E-state index in [-0.39, 0.29) is 24.0 Å². The molecule has 0 saturated carbocycles. The number of hydrogen-bond acceptors (Lipinski definition) is 5. The van der Waals surface area contributed by atoms with Gasteiger partial charge in [-0.1, -0.05) is 30.3 Å². The molecule has 1 amide bonds. The summed E-state index contributed by atoms with van der Waals surface area (Å²) >= 11 is 0. The Morgan fingerprint density at radius 2 is 2.00 bits per heavy atom. The number of aryl methyl sites for hydroxylation is 1. The smallest absolute Gasteiger partial charge is 0.278 e. The number of carbonyl (C=O) groups is 1. The molecule has 2 heterocycles. The lowest BCUT2D eigenvalue weighted by Gasteiger charge is -2.26. The molecule has 1 unspecified atom stereocenters. The fraction of sp³-hybridized carbons (Fsp3) is 0.320. The van der Waals surface area contributed by atoms with Gasteiger partial charge in [0, 0.05) is 37.0 Å². The molecular weight excluding hydrogens is 425 g/mol. The van der Waals surface area contributed by atoms with Gasteiger partial charge >= 0.3 is 0 Å². The second kappa shape index (κ2) is 9.95. The van der Waals surface area contributed by atoms with Crippen molar-refractivity contribution in [1.29, 1.82) is 0 Å². The van der Waals surface area contributed by atoms with E-state index in [1.807, 2.05) is 24.3 Å². The highest BCUT2D eigenvalue weighted by molar-refractivity contribution is 5.92. The Balaban J connectivity index is 1.73. The van der Waals surface area contributed by atoms with Crippen LogP contribution >= 0.6 is 0 Å². The van der Waals surface area contributed by atoms with Crippen LogP contribution in [-0.2, 0) is 11.3 Å². The van der Waals surface area contributed by atoms with E-state index in [1.54, 1.807) is 37.1 Å². The molecule has 0 bridgehead atoms. The van der Waals surface area contributed by atoms with Crippen LogP contribution in [0.2, 0.25) is 0 Å². The van der Waals surface area contributed by atoms with Crippen molar-refractivity contribution in [1.82, 2.24) is 14.7 Å². The van der Waals surface area contributed by atoms with Crippen LogP contribution in [0, 0.1) is 12.7 Å². The third-order valence-electron chi connectivity index (χ3n) is 5.68. The Morgan fingerprint density at radius 1 is 1.24 bits per heavy atom. The number of halogens is 1. The maximum absolute atomic E-state index is 14.4. The summed E-state index contributed by atoms with van der Waals surface area (Å²) in [6.45, 7) is 2.82. The van der Waals surface area contributed by atoms with Gasteiger partial charge in [0.2, 0.25) is 5.43 Å². The lowest BCUT2D eigenvalue weighted by Crippen LogP contribution is -2.40. The maximum Gasteiger partial charge on any atom is 0.278 e. The molecule has 1 aliphatic heterocycles. The average molecular weight is 451 g/mol. The van der Waals surface area contributed by atoms with Crippen LogP contribution < -0.4 is 10.2 Å². The van der Waals surface area contributed by atoms with Crippen LogP contribution in [0.4, 0.5) is 4.39 Å². The van der Waals surface area contributed by atoms with Gasteiger partial charge in [0.25, 0.3) is 5.91 Å². The van der Waals surface area contributed by atoms with E-state index in [0.29, 0.717) is 24.6 Å². The molecule has 7 nitrogen and oxygen atoms in total. The minimum absolute atomic E-state index is 0.122. The first kappa shape index (κ1) is 22.7. The van der Waals surface area contributed by atoms with E-state index in [4.69, 9.17) is 9.47 Å². The molecule has 4 rings (SSSR count). The zero-order chi connectivity index (χ0) is 23.4. The molecule has 0 N–H and O–H groups in total. The monoisotopic (exact) mass is 451 g/mol. The first-order chi connectivity index (χ1) is 16.0. The topological polar surface area (TPSA) is 73.7 Å². The van der Waals surface area contributed by atoms with Crippen molar-refractivity contribution in [2.45, 2.75) is 32.4 Å². The van der Waals surface area contributed by atoms with Crippen molar-refractivity contribution in [2.75, 3.05) is 20.3 Å². The van der Waals surface area contributed by atoms with Crippen LogP contribution in [0.3, 0.4) is 0 Å². The van der Waals surface area contributed by atoms with Crippen molar-refractivity contribution in [2.24, 2.45) is 0 Å². The first-order valence-electron chi connectivity index (χ1n) is 10.9. The predicted octanol–water partition coefficient (Wildman–Crippen LogP) is 3.51. The Morgan fingerprint density at radius 3 is 2.73 bits per heavy atom. The van der Waals surface area contributed by atoms with Gasteiger partial charge in [-0.3, -0.25) is 9.59 Å². The van der Waals surface area contributed by atoms with Gasteiger partial charge in [0.15, 0.2) is 5.69 Å². The molecule has 172 valence electrons. The fourth-order valence-corrected chi connectivity index (χ4v) is 4.01. The third kappa shape index (κ3) is 4.96. The number of hydrogen-bond donors (Lipinski definition) is 0. The largest absolute Gasteiger partial charge is 0.496 e. The molecule has 0 radical (unpaired) electrons. The number of nitrogens with zero attached hydrogens (tertiary/aromatic N) is 3. The molecule has 33 heavy (non-hydrogen) atoms. The Labute approximate surface area is 191 Å². The molecule has 1 saturated heterocycles. The van der Waals surface area contributed by atoms with Gasteiger partial charge in [-0.2, -0.15) is 5.10 Å². The summed E-state index contributed by atoms with van der Waals surface area (Å²) in [5, 5.41) is 4.28. The number of carbonyl (C=O) groups excluding carboxylic acids is 1. The molecular formula is C25H26FN3O4. The molecule has 8 heteroatoms. The van der Waals surface area contributed by atoms with E-state index in [2.05, 4.69) is 5.10 Å². The summed E-state index contributed by atoms with van der Waals surface area (Å²) in [7, 11) is 1.57. The van der Waals surface area contributed by atoms with Crippen LogP contribution in [0.25, 0.3) is 5.69 Å². The van der Waals surface area contributed by atoms with Crippen LogP contribution in [0.15, 0.2) is 59.4 Å². The van der Waals surface area contributed by atoms with E-state index in [0.717, 1.165) is 18.4 Å². The third-order valence-corrected chi connectivity index (χ3v) is 5.68. The molecule has 1 atom stereocenters. The van der Waals surface area contributed by atoms with E-state index < -0.39 is 17.2 Å². The summed E-state index contributed by atoms with van der Waals surface area (Å²) in [6.07, 6.45) is 1.63. The SMILES string of the molecule is COc1ccccc1CN(CC1CCCO1)C(=O)c1nn(-c2ccccc2F)c(C)cc1=O. The Kier molecular flexibility index (Phi) is 6.84. The Bertz CT molecular complexity index is 1200. The zero-order valence-electron chi connectivity index (χ0n) is 18.7.